The van der Waals surface area contributed by atoms with E-state index in [-0.39, 0.29) is 71.2 Å². The third kappa shape index (κ3) is 3.70. The van der Waals surface area contributed by atoms with Gasteiger partial charge in [-0.1, -0.05) is 19.4 Å². The summed E-state index contributed by atoms with van der Waals surface area (Å²) in [7, 11) is -4.80. The molecule has 3 saturated carbocycles. The van der Waals surface area contributed by atoms with Gasteiger partial charge in [0.25, 0.3) is 0 Å². The van der Waals surface area contributed by atoms with Gasteiger partial charge in [0.05, 0.1) is 12.2 Å². The van der Waals surface area contributed by atoms with Crippen LogP contribution in [0.2, 0.25) is 0 Å². The smallest absolute Gasteiger partial charge is 0.726 e. The standard InChI is InChI=1S/C21H30O7S.Na/c1-11(22)14-4-5-15-13-9-18(23)17-8-12(28-29(25,26)27)6-7-20(17,2)16(13)10-19(24)21(14,15)3;/h10,12-15,17-18,23H,4-9H2,1-3H3,(H,25,26,27);/q;+1/p-1/t12-,13-,14+,15-,17+,18-,20+,21+;/m0./s1. The fourth-order valence-corrected chi connectivity index (χ4v) is 7.74. The normalized spacial score (nSPS) is 45.5. The van der Waals surface area contributed by atoms with E-state index in [1.807, 2.05) is 13.8 Å². The zero-order chi connectivity index (χ0) is 21.4. The zero-order valence-electron chi connectivity index (χ0n) is 18.1. The molecule has 0 unspecified atom stereocenters. The second kappa shape index (κ2) is 8.04. The minimum atomic E-state index is -4.80. The first-order valence-corrected chi connectivity index (χ1v) is 11.8. The van der Waals surface area contributed by atoms with E-state index in [0.29, 0.717) is 25.7 Å². The van der Waals surface area contributed by atoms with Crippen LogP contribution in [0.15, 0.2) is 11.6 Å². The summed E-state index contributed by atoms with van der Waals surface area (Å²) in [6.45, 7) is 5.51. The maximum atomic E-state index is 13.3. The Kier molecular flexibility index (Phi) is 6.58. The molecule has 30 heavy (non-hydrogen) atoms. The van der Waals surface area contributed by atoms with E-state index in [4.69, 9.17) is 0 Å². The van der Waals surface area contributed by atoms with Crippen molar-refractivity contribution in [2.75, 3.05) is 0 Å². The summed E-state index contributed by atoms with van der Waals surface area (Å²) in [5.41, 5.74) is -0.118. The van der Waals surface area contributed by atoms with Crippen molar-refractivity contribution < 1.29 is 61.4 Å². The van der Waals surface area contributed by atoms with Crippen LogP contribution in [-0.2, 0) is 24.2 Å². The molecule has 0 bridgehead atoms. The quantitative estimate of drug-likeness (QED) is 0.339. The van der Waals surface area contributed by atoms with Crippen molar-refractivity contribution in [1.82, 2.24) is 0 Å². The Balaban J connectivity index is 0.00000256. The van der Waals surface area contributed by atoms with E-state index in [9.17, 15) is 27.7 Å². The fourth-order valence-electron chi connectivity index (χ4n) is 7.23. The molecule has 4 rings (SSSR count). The van der Waals surface area contributed by atoms with Crippen molar-refractivity contribution in [2.24, 2.45) is 34.5 Å². The van der Waals surface area contributed by atoms with E-state index >= 15 is 0 Å². The molecule has 9 heteroatoms. The number of ketones is 2. The number of hydrogen-bond acceptors (Lipinski definition) is 7. The summed E-state index contributed by atoms with van der Waals surface area (Å²) >= 11 is 0. The number of Topliss-reactive ketones (excluding diaryl/α,β-unsaturated/α-hetero) is 1. The van der Waals surface area contributed by atoms with Crippen molar-refractivity contribution in [3.63, 3.8) is 0 Å². The first kappa shape index (κ1) is 24.6. The number of allylic oxidation sites excluding steroid dienone is 2. The molecule has 7 nitrogen and oxygen atoms in total. The predicted molar refractivity (Wildman–Crippen MR) is 102 cm³/mol. The molecular formula is C21H29NaO7S. The molecule has 4 aliphatic rings. The molecule has 0 aliphatic heterocycles. The molecule has 0 aromatic carbocycles. The third-order valence-corrected chi connectivity index (χ3v) is 9.16. The molecule has 8 atom stereocenters. The molecule has 0 spiro atoms. The minimum absolute atomic E-state index is 0. The van der Waals surface area contributed by atoms with Crippen LogP contribution in [-0.4, -0.2) is 41.9 Å². The summed E-state index contributed by atoms with van der Waals surface area (Å²) in [6.07, 6.45) is 3.51. The van der Waals surface area contributed by atoms with Gasteiger partial charge in [-0.05, 0) is 74.7 Å². The SMILES string of the molecule is CC(=O)[C@H]1CC[C@H]2[C@@H]3C[C@H](O)[C@H]4C[C@@H](OS(=O)(=O)[O-])CC[C@]4(C)C3=CC(=O)[C@]12C.[Na+]. The van der Waals surface area contributed by atoms with Gasteiger partial charge in [-0.15, -0.1) is 0 Å². The first-order chi connectivity index (χ1) is 13.4. The van der Waals surface area contributed by atoms with E-state index in [1.54, 1.807) is 13.0 Å². The summed E-state index contributed by atoms with van der Waals surface area (Å²) < 4.78 is 37.7. The van der Waals surface area contributed by atoms with Crippen LogP contribution in [0.25, 0.3) is 0 Å². The van der Waals surface area contributed by atoms with Crippen molar-refractivity contribution in [1.29, 1.82) is 0 Å². The number of carbonyl (C=O) groups is 2. The number of fused-ring (bicyclic) bond motifs is 5. The van der Waals surface area contributed by atoms with Crippen LogP contribution in [0.1, 0.15) is 59.3 Å². The Morgan fingerprint density at radius 1 is 1.20 bits per heavy atom. The van der Waals surface area contributed by atoms with Crippen LogP contribution in [0.4, 0.5) is 0 Å². The summed E-state index contributed by atoms with van der Waals surface area (Å²) in [5, 5.41) is 11.0. The van der Waals surface area contributed by atoms with Crippen LogP contribution in [0.3, 0.4) is 0 Å². The van der Waals surface area contributed by atoms with Gasteiger partial charge in [0.15, 0.2) is 5.78 Å². The molecule has 0 aromatic rings. The Morgan fingerprint density at radius 3 is 2.47 bits per heavy atom. The number of rotatable bonds is 3. The Labute approximate surface area is 200 Å². The second-order valence-corrected chi connectivity index (χ2v) is 10.9. The summed E-state index contributed by atoms with van der Waals surface area (Å²) in [5.74, 6) is -0.411. The maximum absolute atomic E-state index is 13.3. The van der Waals surface area contributed by atoms with Crippen molar-refractivity contribution in [2.45, 2.75) is 71.5 Å². The molecule has 162 valence electrons. The number of hydrogen-bond donors (Lipinski definition) is 1. The number of aliphatic hydroxyl groups excluding tert-OH is 1. The van der Waals surface area contributed by atoms with Crippen molar-refractivity contribution in [3.05, 3.63) is 11.6 Å². The molecule has 0 heterocycles. The van der Waals surface area contributed by atoms with Crippen LogP contribution in [0.5, 0.6) is 0 Å². The maximum Gasteiger partial charge on any atom is 1.00 e. The fraction of sp³-hybridized carbons (Fsp3) is 0.810. The van der Waals surface area contributed by atoms with Crippen LogP contribution in [0, 0.1) is 34.5 Å². The molecule has 0 saturated heterocycles. The predicted octanol–water partition coefficient (Wildman–Crippen LogP) is -0.846. The number of aliphatic hydroxyl groups is 1. The summed E-state index contributed by atoms with van der Waals surface area (Å²) in [4.78, 5) is 25.5. The van der Waals surface area contributed by atoms with Gasteiger partial charge >= 0.3 is 29.6 Å². The van der Waals surface area contributed by atoms with Gasteiger partial charge in [-0.2, -0.15) is 0 Å². The van der Waals surface area contributed by atoms with E-state index in [2.05, 4.69) is 4.18 Å². The van der Waals surface area contributed by atoms with Gasteiger partial charge in [0.2, 0.25) is 10.4 Å². The average molecular weight is 449 g/mol. The Hall–Kier alpha value is -0.0900. The second-order valence-electron chi connectivity index (χ2n) is 9.93. The minimum Gasteiger partial charge on any atom is -0.726 e. The monoisotopic (exact) mass is 448 g/mol. The molecule has 0 radical (unpaired) electrons. The first-order valence-electron chi connectivity index (χ1n) is 10.5. The van der Waals surface area contributed by atoms with Crippen LogP contribution >= 0.6 is 0 Å². The Morgan fingerprint density at radius 2 is 1.87 bits per heavy atom. The van der Waals surface area contributed by atoms with Crippen molar-refractivity contribution >= 4 is 22.0 Å². The average Bonchev–Trinajstić information content (AvgIpc) is 2.96. The molecule has 4 aliphatic carbocycles. The van der Waals surface area contributed by atoms with E-state index in [0.717, 1.165) is 12.0 Å². The number of carbonyl (C=O) groups excluding carboxylic acids is 2. The topological polar surface area (TPSA) is 121 Å². The molecule has 3 fully saturated rings. The summed E-state index contributed by atoms with van der Waals surface area (Å²) in [6, 6.07) is 0. The van der Waals surface area contributed by atoms with E-state index < -0.39 is 33.4 Å². The molecule has 0 aromatic heterocycles. The van der Waals surface area contributed by atoms with Gasteiger partial charge in [0.1, 0.15) is 5.78 Å². The van der Waals surface area contributed by atoms with Crippen molar-refractivity contribution in [3.8, 4) is 0 Å². The largest absolute Gasteiger partial charge is 1.00 e. The molecular weight excluding hydrogens is 419 g/mol. The molecule has 1 N–H and O–H groups in total. The zero-order valence-corrected chi connectivity index (χ0v) is 20.9. The van der Waals surface area contributed by atoms with Crippen LogP contribution < -0.4 is 29.6 Å². The van der Waals surface area contributed by atoms with Gasteiger partial charge in [-0.3, -0.25) is 13.8 Å². The van der Waals surface area contributed by atoms with Gasteiger partial charge in [0, 0.05) is 11.3 Å². The van der Waals surface area contributed by atoms with Gasteiger partial charge < -0.3 is 9.66 Å². The third-order valence-electron chi connectivity index (χ3n) is 8.65. The molecule has 0 amide bonds. The Bertz CT molecular complexity index is 884. The van der Waals surface area contributed by atoms with Gasteiger partial charge in [-0.25, -0.2) is 8.42 Å². The van der Waals surface area contributed by atoms with E-state index in [1.165, 1.54) is 0 Å².